The van der Waals surface area contributed by atoms with Gasteiger partial charge in [-0.05, 0) is 48.2 Å². The Morgan fingerprint density at radius 1 is 0.946 bits per heavy atom. The number of nitrogens with zero attached hydrogens (tertiary/aromatic N) is 4. The van der Waals surface area contributed by atoms with Gasteiger partial charge in [-0.15, -0.1) is 0 Å². The topological polar surface area (TPSA) is 68.8 Å². The van der Waals surface area contributed by atoms with Gasteiger partial charge in [0.15, 0.2) is 0 Å². The van der Waals surface area contributed by atoms with Crippen LogP contribution < -0.4 is 15.1 Å². The first kappa shape index (κ1) is 25.0. The number of anilines is 3. The minimum absolute atomic E-state index is 0.0130. The number of nitrogens with one attached hydrogen (secondary N) is 1. The van der Waals surface area contributed by atoms with E-state index in [9.17, 15) is 9.59 Å². The van der Waals surface area contributed by atoms with Crippen LogP contribution in [0.1, 0.15) is 54.2 Å². The van der Waals surface area contributed by atoms with Crippen LogP contribution in [-0.4, -0.2) is 54.9 Å². The van der Waals surface area contributed by atoms with E-state index >= 15 is 0 Å². The highest BCUT2D eigenvalue weighted by Gasteiger charge is 2.35. The van der Waals surface area contributed by atoms with E-state index < -0.39 is 0 Å². The zero-order valence-corrected chi connectivity index (χ0v) is 21.9. The summed E-state index contributed by atoms with van der Waals surface area (Å²) in [6.07, 6.45) is 3.41. The number of fused-ring (bicyclic) bond motifs is 2. The highest BCUT2D eigenvalue weighted by atomic mass is 16.2. The van der Waals surface area contributed by atoms with Gasteiger partial charge in [-0.2, -0.15) is 0 Å². The third-order valence-corrected chi connectivity index (χ3v) is 7.76. The van der Waals surface area contributed by atoms with Gasteiger partial charge in [0.2, 0.25) is 5.91 Å². The Morgan fingerprint density at radius 2 is 1.62 bits per heavy atom. The van der Waals surface area contributed by atoms with Crippen LogP contribution in [0, 0.1) is 5.92 Å². The number of amides is 2. The Kier molecular flexibility index (Phi) is 7.24. The van der Waals surface area contributed by atoms with Gasteiger partial charge < -0.3 is 15.1 Å². The molecular formula is C30H35N5O2. The van der Waals surface area contributed by atoms with Crippen molar-refractivity contribution in [2.45, 2.75) is 32.7 Å². The number of carbonyl (C=O) groups is 2. The van der Waals surface area contributed by atoms with E-state index in [4.69, 9.17) is 0 Å². The van der Waals surface area contributed by atoms with Gasteiger partial charge in [-0.3, -0.25) is 14.5 Å². The van der Waals surface area contributed by atoms with Gasteiger partial charge >= 0.3 is 0 Å². The van der Waals surface area contributed by atoms with Crippen molar-refractivity contribution >= 4 is 29.0 Å². The first-order chi connectivity index (χ1) is 18.0. The molecule has 3 aromatic rings. The molecule has 192 valence electrons. The van der Waals surface area contributed by atoms with Crippen molar-refractivity contribution in [1.82, 2.24) is 9.88 Å². The second-order valence-electron chi connectivity index (χ2n) is 9.84. The Hall–Kier alpha value is -3.71. The van der Waals surface area contributed by atoms with Crippen LogP contribution in [0.4, 0.5) is 17.2 Å². The Morgan fingerprint density at radius 3 is 2.30 bits per heavy atom. The van der Waals surface area contributed by atoms with Crippen LogP contribution in [0.2, 0.25) is 0 Å². The molecular weight excluding hydrogens is 462 g/mol. The van der Waals surface area contributed by atoms with Crippen molar-refractivity contribution in [3.8, 4) is 0 Å². The third kappa shape index (κ3) is 4.83. The fourth-order valence-corrected chi connectivity index (χ4v) is 5.57. The van der Waals surface area contributed by atoms with Crippen molar-refractivity contribution < 1.29 is 9.59 Å². The van der Waals surface area contributed by atoms with Gasteiger partial charge in [0.1, 0.15) is 5.82 Å². The molecule has 0 aliphatic carbocycles. The zero-order chi connectivity index (χ0) is 25.9. The zero-order valence-electron chi connectivity index (χ0n) is 21.9. The molecule has 2 aliphatic rings. The molecule has 1 fully saturated rings. The van der Waals surface area contributed by atoms with Gasteiger partial charge in [0, 0.05) is 50.4 Å². The van der Waals surface area contributed by atoms with Gasteiger partial charge in [0.05, 0.1) is 17.9 Å². The summed E-state index contributed by atoms with van der Waals surface area (Å²) >= 11 is 0. The van der Waals surface area contributed by atoms with Crippen molar-refractivity contribution in [3.63, 3.8) is 0 Å². The van der Waals surface area contributed by atoms with E-state index in [0.717, 1.165) is 72.9 Å². The molecule has 1 saturated heterocycles. The third-order valence-electron chi connectivity index (χ3n) is 7.76. The molecule has 1 N–H and O–H groups in total. The van der Waals surface area contributed by atoms with Crippen LogP contribution >= 0.6 is 0 Å². The molecule has 1 unspecified atom stereocenters. The second kappa shape index (κ2) is 10.7. The van der Waals surface area contributed by atoms with Gasteiger partial charge in [-0.1, -0.05) is 50.2 Å². The molecule has 0 radical (unpaired) electrons. The number of hydrogen-bond acceptors (Lipinski definition) is 5. The quantitative estimate of drug-likeness (QED) is 0.522. The normalized spacial score (nSPS) is 17.8. The predicted octanol–water partition coefficient (Wildman–Crippen LogP) is 4.96. The van der Waals surface area contributed by atoms with Crippen LogP contribution in [0.15, 0.2) is 66.9 Å². The number of rotatable bonds is 6. The summed E-state index contributed by atoms with van der Waals surface area (Å²) < 4.78 is 0. The van der Waals surface area contributed by atoms with Crippen molar-refractivity contribution in [2.75, 3.05) is 48.3 Å². The fourth-order valence-electron chi connectivity index (χ4n) is 5.57. The minimum atomic E-state index is 0.0130. The molecule has 37 heavy (non-hydrogen) atoms. The number of pyridine rings is 1. The lowest BCUT2D eigenvalue weighted by molar-refractivity contribution is -0.120. The van der Waals surface area contributed by atoms with Gasteiger partial charge in [-0.25, -0.2) is 4.98 Å². The van der Waals surface area contributed by atoms with E-state index in [1.165, 1.54) is 0 Å². The van der Waals surface area contributed by atoms with Crippen molar-refractivity contribution in [1.29, 1.82) is 0 Å². The number of para-hydroxylation sites is 1. The number of benzene rings is 2. The van der Waals surface area contributed by atoms with Crippen LogP contribution in [0.3, 0.4) is 0 Å². The summed E-state index contributed by atoms with van der Waals surface area (Å²) in [6.45, 7) is 7.43. The lowest BCUT2D eigenvalue weighted by atomic mass is 9.93. The smallest absolute Gasteiger partial charge is 0.258 e. The van der Waals surface area contributed by atoms with E-state index in [1.54, 1.807) is 11.1 Å². The largest absolute Gasteiger partial charge is 0.354 e. The van der Waals surface area contributed by atoms with E-state index in [2.05, 4.69) is 38.3 Å². The number of carbonyl (C=O) groups excluding carboxylic acids is 2. The molecule has 1 atom stereocenters. The standard InChI is InChI=1S/C30H35N5O2/c1-4-21(5-2)29(36)32-22-14-15-27(31-20-22)34-16-18-35(19-17-34)28-23-10-6-7-11-24(23)30(37)33(3)26-13-9-8-12-25(26)28/h6-15,20-21,28H,4-5,16-19H2,1-3H3,(H,32,36). The first-order valence-electron chi connectivity index (χ1n) is 13.2. The highest BCUT2D eigenvalue weighted by Crippen LogP contribution is 2.40. The SMILES string of the molecule is CCC(CC)C(=O)Nc1ccc(N2CCN(C3c4ccccc4C(=O)N(C)c4ccccc43)CC2)nc1. The predicted molar refractivity (Wildman–Crippen MR) is 148 cm³/mol. The summed E-state index contributed by atoms with van der Waals surface area (Å²) in [4.78, 5) is 36.9. The fraction of sp³-hybridized carbons (Fsp3) is 0.367. The molecule has 2 aliphatic heterocycles. The summed E-state index contributed by atoms with van der Waals surface area (Å²) in [7, 11) is 1.86. The molecule has 0 spiro atoms. The Balaban J connectivity index is 1.33. The highest BCUT2D eigenvalue weighted by molar-refractivity contribution is 6.08. The summed E-state index contributed by atoms with van der Waals surface area (Å²) in [6, 6.07) is 20.2. The maximum atomic E-state index is 13.3. The van der Waals surface area contributed by atoms with E-state index in [0.29, 0.717) is 0 Å². The summed E-state index contributed by atoms with van der Waals surface area (Å²) in [5, 5.41) is 3.00. The number of piperazine rings is 1. The molecule has 7 nitrogen and oxygen atoms in total. The average molecular weight is 498 g/mol. The van der Waals surface area contributed by atoms with E-state index in [-0.39, 0.29) is 23.8 Å². The first-order valence-corrected chi connectivity index (χ1v) is 13.2. The minimum Gasteiger partial charge on any atom is -0.354 e. The number of hydrogen-bond donors (Lipinski definition) is 1. The van der Waals surface area contributed by atoms with Crippen LogP contribution in [0.25, 0.3) is 0 Å². The molecule has 2 amide bonds. The van der Waals surface area contributed by atoms with Gasteiger partial charge in [0.25, 0.3) is 5.91 Å². The molecule has 0 saturated carbocycles. The number of aromatic nitrogens is 1. The summed E-state index contributed by atoms with van der Waals surface area (Å²) in [5.74, 6) is 1.03. The average Bonchev–Trinajstić information content (AvgIpc) is 3.03. The molecule has 2 aromatic carbocycles. The lowest BCUT2D eigenvalue weighted by Gasteiger charge is -2.40. The summed E-state index contributed by atoms with van der Waals surface area (Å²) in [5.41, 5.74) is 4.69. The van der Waals surface area contributed by atoms with Crippen LogP contribution in [-0.2, 0) is 4.79 Å². The lowest BCUT2D eigenvalue weighted by Crippen LogP contribution is -2.48. The molecule has 7 heteroatoms. The van der Waals surface area contributed by atoms with E-state index in [1.807, 2.05) is 63.4 Å². The Labute approximate surface area is 219 Å². The second-order valence-corrected chi connectivity index (χ2v) is 9.84. The molecule has 3 heterocycles. The van der Waals surface area contributed by atoms with Crippen molar-refractivity contribution in [3.05, 3.63) is 83.6 Å². The monoisotopic (exact) mass is 497 g/mol. The molecule has 5 rings (SSSR count). The maximum Gasteiger partial charge on any atom is 0.258 e. The van der Waals surface area contributed by atoms with Crippen molar-refractivity contribution in [2.24, 2.45) is 5.92 Å². The maximum absolute atomic E-state index is 13.3. The van der Waals surface area contributed by atoms with Crippen LogP contribution in [0.5, 0.6) is 0 Å². The Bertz CT molecular complexity index is 1260. The molecule has 0 bridgehead atoms. The molecule has 1 aromatic heterocycles.